The van der Waals surface area contributed by atoms with Gasteiger partial charge in [0.05, 0.1) is 19.0 Å². The average Bonchev–Trinajstić information content (AvgIpc) is 2.66. The van der Waals surface area contributed by atoms with Crippen molar-refractivity contribution in [3.8, 4) is 5.88 Å². The van der Waals surface area contributed by atoms with Crippen LogP contribution < -0.4 is 4.74 Å². The van der Waals surface area contributed by atoms with Crippen molar-refractivity contribution in [1.29, 1.82) is 0 Å². The molecule has 7 nitrogen and oxygen atoms in total. The van der Waals surface area contributed by atoms with E-state index in [4.69, 9.17) is 9.47 Å². The number of hydrogen-bond acceptors (Lipinski definition) is 7. The van der Waals surface area contributed by atoms with Crippen molar-refractivity contribution in [3.05, 3.63) is 60.6 Å². The standard InChI is InChI=1S/C18H15N3O4/c22-16(24-12-13-7-9-19-10-8-13)5-6-17(23)25-18-15-4-2-1-3-14(15)11-20-21-18/h1-4,7-11H,5-6,12H2. The molecule has 126 valence electrons. The number of ether oxygens (including phenoxy) is 2. The Kier molecular flexibility index (Phi) is 5.26. The van der Waals surface area contributed by atoms with Gasteiger partial charge in [0.2, 0.25) is 5.88 Å². The van der Waals surface area contributed by atoms with Crippen LogP contribution in [0.25, 0.3) is 10.8 Å². The van der Waals surface area contributed by atoms with Crippen molar-refractivity contribution in [2.75, 3.05) is 0 Å². The lowest BCUT2D eigenvalue weighted by molar-refractivity contribution is -0.148. The molecule has 1 aromatic carbocycles. The van der Waals surface area contributed by atoms with Gasteiger partial charge >= 0.3 is 11.9 Å². The number of esters is 2. The topological polar surface area (TPSA) is 91.3 Å². The van der Waals surface area contributed by atoms with Crippen LogP contribution in [0.1, 0.15) is 18.4 Å². The number of fused-ring (bicyclic) bond motifs is 1. The van der Waals surface area contributed by atoms with Crippen LogP contribution in [0.3, 0.4) is 0 Å². The molecule has 0 unspecified atom stereocenters. The molecule has 0 atom stereocenters. The molecule has 0 N–H and O–H groups in total. The maximum absolute atomic E-state index is 11.9. The highest BCUT2D eigenvalue weighted by molar-refractivity contribution is 5.88. The number of pyridine rings is 1. The van der Waals surface area contributed by atoms with Gasteiger partial charge in [-0.2, -0.15) is 5.10 Å². The van der Waals surface area contributed by atoms with Crippen molar-refractivity contribution >= 4 is 22.7 Å². The van der Waals surface area contributed by atoms with Gasteiger partial charge in [-0.3, -0.25) is 14.6 Å². The molecule has 0 saturated heterocycles. The summed E-state index contributed by atoms with van der Waals surface area (Å²) in [6.07, 6.45) is 4.66. The summed E-state index contributed by atoms with van der Waals surface area (Å²) in [4.78, 5) is 27.5. The minimum atomic E-state index is -0.563. The Bertz CT molecular complexity index is 878. The van der Waals surface area contributed by atoms with Gasteiger partial charge in [0.25, 0.3) is 0 Å². The lowest BCUT2D eigenvalue weighted by Crippen LogP contribution is -2.13. The third-order valence-corrected chi connectivity index (χ3v) is 3.43. The lowest BCUT2D eigenvalue weighted by atomic mass is 10.2. The highest BCUT2D eigenvalue weighted by atomic mass is 16.5. The molecule has 0 radical (unpaired) electrons. The molecule has 3 aromatic rings. The zero-order chi connectivity index (χ0) is 17.5. The monoisotopic (exact) mass is 337 g/mol. The van der Waals surface area contributed by atoms with Gasteiger partial charge in [-0.1, -0.05) is 18.2 Å². The molecular formula is C18H15N3O4. The van der Waals surface area contributed by atoms with Crippen LogP contribution in [-0.4, -0.2) is 27.1 Å². The third-order valence-electron chi connectivity index (χ3n) is 3.43. The fourth-order valence-corrected chi connectivity index (χ4v) is 2.16. The summed E-state index contributed by atoms with van der Waals surface area (Å²) in [6, 6.07) is 10.8. The molecule has 7 heteroatoms. The Balaban J connectivity index is 1.50. The Morgan fingerprint density at radius 2 is 1.72 bits per heavy atom. The summed E-state index contributed by atoms with van der Waals surface area (Å²) >= 11 is 0. The molecule has 0 aliphatic rings. The molecule has 0 aliphatic heterocycles. The number of hydrogen-bond donors (Lipinski definition) is 0. The molecule has 0 fully saturated rings. The van der Waals surface area contributed by atoms with Crippen LogP contribution >= 0.6 is 0 Å². The van der Waals surface area contributed by atoms with E-state index < -0.39 is 11.9 Å². The summed E-state index contributed by atoms with van der Waals surface area (Å²) in [5.74, 6) is -0.905. The van der Waals surface area contributed by atoms with E-state index in [9.17, 15) is 9.59 Å². The summed E-state index contributed by atoms with van der Waals surface area (Å²) in [7, 11) is 0. The molecule has 0 saturated carbocycles. The van der Waals surface area contributed by atoms with Crippen molar-refractivity contribution in [2.24, 2.45) is 0 Å². The maximum atomic E-state index is 11.9. The molecule has 25 heavy (non-hydrogen) atoms. The Morgan fingerprint density at radius 3 is 2.56 bits per heavy atom. The van der Waals surface area contributed by atoms with Crippen LogP contribution in [0.15, 0.2) is 55.0 Å². The molecule has 2 aromatic heterocycles. The fraction of sp³-hybridized carbons (Fsp3) is 0.167. The average molecular weight is 337 g/mol. The van der Waals surface area contributed by atoms with Crippen molar-refractivity contribution in [1.82, 2.24) is 15.2 Å². The van der Waals surface area contributed by atoms with Crippen LogP contribution in [-0.2, 0) is 20.9 Å². The highest BCUT2D eigenvalue weighted by Gasteiger charge is 2.13. The number of nitrogens with zero attached hydrogens (tertiary/aromatic N) is 3. The molecule has 0 bridgehead atoms. The van der Waals surface area contributed by atoms with Gasteiger partial charge in [0.15, 0.2) is 0 Å². The lowest BCUT2D eigenvalue weighted by Gasteiger charge is -2.06. The Morgan fingerprint density at radius 1 is 0.960 bits per heavy atom. The van der Waals surface area contributed by atoms with Gasteiger partial charge in [0, 0.05) is 23.2 Å². The van der Waals surface area contributed by atoms with Crippen molar-refractivity contribution in [2.45, 2.75) is 19.4 Å². The summed E-state index contributed by atoms with van der Waals surface area (Å²) < 4.78 is 10.3. The molecule has 3 rings (SSSR count). The third kappa shape index (κ3) is 4.57. The van der Waals surface area contributed by atoms with Crippen LogP contribution in [0.4, 0.5) is 0 Å². The van der Waals surface area contributed by atoms with E-state index in [1.54, 1.807) is 36.8 Å². The van der Waals surface area contributed by atoms with E-state index in [1.165, 1.54) is 0 Å². The predicted octanol–water partition coefficient (Wildman–Crippen LogP) is 2.45. The summed E-state index contributed by atoms with van der Waals surface area (Å²) in [5, 5.41) is 9.14. The number of carbonyl (C=O) groups excluding carboxylic acids is 2. The highest BCUT2D eigenvalue weighted by Crippen LogP contribution is 2.21. The number of carbonyl (C=O) groups is 2. The zero-order valence-electron chi connectivity index (χ0n) is 13.3. The minimum Gasteiger partial charge on any atom is -0.461 e. The van der Waals surface area contributed by atoms with Gasteiger partial charge in [-0.15, -0.1) is 5.10 Å². The second-order valence-corrected chi connectivity index (χ2v) is 5.23. The minimum absolute atomic E-state index is 0.0673. The SMILES string of the molecule is O=C(CCC(=O)Oc1nncc2ccccc12)OCc1ccncc1. The van der Waals surface area contributed by atoms with Crippen molar-refractivity contribution in [3.63, 3.8) is 0 Å². The number of benzene rings is 1. The molecule has 0 spiro atoms. The summed E-state index contributed by atoms with van der Waals surface area (Å²) in [5.41, 5.74) is 0.831. The fourth-order valence-electron chi connectivity index (χ4n) is 2.16. The van der Waals surface area contributed by atoms with E-state index in [0.29, 0.717) is 5.39 Å². The van der Waals surface area contributed by atoms with E-state index in [-0.39, 0.29) is 25.3 Å². The molecular weight excluding hydrogens is 322 g/mol. The number of rotatable bonds is 6. The van der Waals surface area contributed by atoms with E-state index in [0.717, 1.165) is 10.9 Å². The number of aromatic nitrogens is 3. The normalized spacial score (nSPS) is 10.4. The van der Waals surface area contributed by atoms with Crippen LogP contribution in [0, 0.1) is 0 Å². The molecule has 0 aliphatic carbocycles. The van der Waals surface area contributed by atoms with Crippen LogP contribution in [0.5, 0.6) is 5.88 Å². The smallest absolute Gasteiger partial charge is 0.313 e. The first-order valence-corrected chi connectivity index (χ1v) is 7.68. The van der Waals surface area contributed by atoms with Gasteiger partial charge < -0.3 is 9.47 Å². The van der Waals surface area contributed by atoms with E-state index in [1.807, 2.05) is 18.2 Å². The van der Waals surface area contributed by atoms with Gasteiger partial charge in [-0.05, 0) is 23.8 Å². The zero-order valence-corrected chi connectivity index (χ0v) is 13.3. The predicted molar refractivity (Wildman–Crippen MR) is 88.4 cm³/mol. The second-order valence-electron chi connectivity index (χ2n) is 5.23. The van der Waals surface area contributed by atoms with Gasteiger partial charge in [0.1, 0.15) is 6.61 Å². The Labute approximate surface area is 143 Å². The first kappa shape index (κ1) is 16.5. The van der Waals surface area contributed by atoms with Crippen molar-refractivity contribution < 1.29 is 19.1 Å². The largest absolute Gasteiger partial charge is 0.461 e. The van der Waals surface area contributed by atoms with Crippen LogP contribution in [0.2, 0.25) is 0 Å². The van der Waals surface area contributed by atoms with E-state index >= 15 is 0 Å². The first-order valence-electron chi connectivity index (χ1n) is 7.68. The maximum Gasteiger partial charge on any atom is 0.313 e. The summed E-state index contributed by atoms with van der Waals surface area (Å²) in [6.45, 7) is 0.144. The van der Waals surface area contributed by atoms with E-state index in [2.05, 4.69) is 15.2 Å². The quantitative estimate of drug-likeness (QED) is 0.638. The Hall–Kier alpha value is -3.35. The molecule has 0 amide bonds. The first-order chi connectivity index (χ1) is 12.2. The molecule has 2 heterocycles. The van der Waals surface area contributed by atoms with Gasteiger partial charge in [-0.25, -0.2) is 0 Å². The second kappa shape index (κ2) is 7.96.